The number of carbonyl (C=O) groups is 1. The molecule has 0 saturated carbocycles. The molecule has 0 aromatic carbocycles. The molecule has 0 fully saturated rings. The normalized spacial score (nSPS) is 10.7. The van der Waals surface area contributed by atoms with Gasteiger partial charge in [-0.25, -0.2) is 4.98 Å². The summed E-state index contributed by atoms with van der Waals surface area (Å²) in [4.78, 5) is 15.7. The first-order valence-electron chi connectivity index (χ1n) is 6.31. The Morgan fingerprint density at radius 2 is 2.26 bits per heavy atom. The van der Waals surface area contributed by atoms with E-state index in [-0.39, 0.29) is 17.2 Å². The van der Waals surface area contributed by atoms with Gasteiger partial charge in [-0.15, -0.1) is 0 Å². The van der Waals surface area contributed by atoms with E-state index in [2.05, 4.69) is 10.3 Å². The molecule has 1 heterocycles. The summed E-state index contributed by atoms with van der Waals surface area (Å²) in [6.45, 7) is 5.28. The highest BCUT2D eigenvalue weighted by Crippen LogP contribution is 2.14. The number of nitrogens with zero attached hydrogens (tertiary/aromatic N) is 1. The third-order valence-electron chi connectivity index (χ3n) is 2.45. The summed E-state index contributed by atoms with van der Waals surface area (Å²) in [6.07, 6.45) is 3.39. The second-order valence-electron chi connectivity index (χ2n) is 4.48. The maximum absolute atomic E-state index is 11.8. The SMILES string of the molecule is CC(C)OCCCCNC(=O)c1cc(Cl)ncc1N. The molecule has 106 valence electrons. The number of pyridine rings is 1. The number of hydrogen-bond acceptors (Lipinski definition) is 4. The number of aromatic nitrogens is 1. The highest BCUT2D eigenvalue weighted by Gasteiger charge is 2.10. The van der Waals surface area contributed by atoms with Crippen molar-refractivity contribution in [1.29, 1.82) is 0 Å². The van der Waals surface area contributed by atoms with E-state index < -0.39 is 0 Å². The molecule has 0 saturated heterocycles. The van der Waals surface area contributed by atoms with E-state index in [1.54, 1.807) is 0 Å². The van der Waals surface area contributed by atoms with Crippen LogP contribution >= 0.6 is 11.6 Å². The Morgan fingerprint density at radius 1 is 1.53 bits per heavy atom. The number of amides is 1. The Labute approximate surface area is 118 Å². The molecule has 1 aromatic heterocycles. The maximum atomic E-state index is 11.8. The van der Waals surface area contributed by atoms with Gasteiger partial charge in [0.1, 0.15) is 5.15 Å². The summed E-state index contributed by atoms with van der Waals surface area (Å²) in [5.74, 6) is -0.230. The van der Waals surface area contributed by atoms with Gasteiger partial charge in [-0.2, -0.15) is 0 Å². The Balaban J connectivity index is 2.29. The smallest absolute Gasteiger partial charge is 0.253 e. The van der Waals surface area contributed by atoms with Crippen LogP contribution in [0.5, 0.6) is 0 Å². The lowest BCUT2D eigenvalue weighted by atomic mass is 10.2. The fraction of sp³-hybridized carbons (Fsp3) is 0.538. The van der Waals surface area contributed by atoms with Gasteiger partial charge >= 0.3 is 0 Å². The Morgan fingerprint density at radius 3 is 2.95 bits per heavy atom. The molecule has 0 spiro atoms. The molecule has 1 aromatic rings. The molecular weight excluding hydrogens is 266 g/mol. The number of carbonyl (C=O) groups excluding carboxylic acids is 1. The second kappa shape index (κ2) is 7.96. The lowest BCUT2D eigenvalue weighted by Gasteiger charge is -2.09. The Hall–Kier alpha value is -1.33. The number of nitrogens with one attached hydrogen (secondary N) is 1. The van der Waals surface area contributed by atoms with Crippen molar-refractivity contribution in [3.63, 3.8) is 0 Å². The molecule has 0 bridgehead atoms. The van der Waals surface area contributed by atoms with Gasteiger partial charge in [0, 0.05) is 13.2 Å². The molecular formula is C13H20ClN3O2. The monoisotopic (exact) mass is 285 g/mol. The van der Waals surface area contributed by atoms with Crippen molar-refractivity contribution in [2.24, 2.45) is 0 Å². The van der Waals surface area contributed by atoms with Crippen molar-refractivity contribution < 1.29 is 9.53 Å². The molecule has 6 heteroatoms. The number of anilines is 1. The number of halogens is 1. The number of rotatable bonds is 7. The molecule has 0 aliphatic carbocycles. The summed E-state index contributed by atoms with van der Waals surface area (Å²) in [7, 11) is 0. The van der Waals surface area contributed by atoms with E-state index in [0.717, 1.165) is 12.8 Å². The van der Waals surface area contributed by atoms with Gasteiger partial charge in [0.2, 0.25) is 0 Å². The maximum Gasteiger partial charge on any atom is 0.253 e. The van der Waals surface area contributed by atoms with E-state index in [4.69, 9.17) is 22.1 Å². The van der Waals surface area contributed by atoms with Gasteiger partial charge in [0.15, 0.2) is 0 Å². The number of hydrogen-bond donors (Lipinski definition) is 2. The van der Waals surface area contributed by atoms with Gasteiger partial charge < -0.3 is 15.8 Å². The molecule has 0 atom stereocenters. The third kappa shape index (κ3) is 5.89. The first-order valence-corrected chi connectivity index (χ1v) is 6.69. The van der Waals surface area contributed by atoms with Crippen LogP contribution in [-0.2, 0) is 4.74 Å². The fourth-order valence-electron chi connectivity index (χ4n) is 1.48. The van der Waals surface area contributed by atoms with Gasteiger partial charge in [-0.3, -0.25) is 4.79 Å². The zero-order valence-corrected chi connectivity index (χ0v) is 12.0. The molecule has 0 aliphatic heterocycles. The zero-order chi connectivity index (χ0) is 14.3. The second-order valence-corrected chi connectivity index (χ2v) is 4.86. The van der Waals surface area contributed by atoms with Crippen LogP contribution in [0, 0.1) is 0 Å². The molecule has 1 rings (SSSR count). The van der Waals surface area contributed by atoms with Crippen molar-refractivity contribution in [3.8, 4) is 0 Å². The number of unbranched alkanes of at least 4 members (excludes halogenated alkanes) is 1. The lowest BCUT2D eigenvalue weighted by molar-refractivity contribution is 0.0754. The molecule has 5 nitrogen and oxygen atoms in total. The van der Waals surface area contributed by atoms with Crippen LogP contribution in [0.2, 0.25) is 5.15 Å². The molecule has 3 N–H and O–H groups in total. The average Bonchev–Trinajstić information content (AvgIpc) is 2.36. The summed E-state index contributed by atoms with van der Waals surface area (Å²) < 4.78 is 5.41. The van der Waals surface area contributed by atoms with E-state index in [1.807, 2.05) is 13.8 Å². The average molecular weight is 286 g/mol. The Bertz CT molecular complexity index is 424. The molecule has 1 amide bonds. The van der Waals surface area contributed by atoms with Crippen LogP contribution in [0.15, 0.2) is 12.3 Å². The predicted octanol–water partition coefficient (Wildman–Crippen LogP) is 2.25. The van der Waals surface area contributed by atoms with Crippen LogP contribution in [0.1, 0.15) is 37.0 Å². The van der Waals surface area contributed by atoms with E-state index in [9.17, 15) is 4.79 Å². The first kappa shape index (κ1) is 15.7. The van der Waals surface area contributed by atoms with Crippen LogP contribution in [0.25, 0.3) is 0 Å². The summed E-state index contributed by atoms with van der Waals surface area (Å²) in [5.41, 5.74) is 6.36. The number of nitrogen functional groups attached to an aromatic ring is 1. The molecule has 19 heavy (non-hydrogen) atoms. The third-order valence-corrected chi connectivity index (χ3v) is 2.66. The van der Waals surface area contributed by atoms with Gasteiger partial charge in [0.05, 0.1) is 23.6 Å². The van der Waals surface area contributed by atoms with Gasteiger partial charge in [0.25, 0.3) is 5.91 Å². The first-order chi connectivity index (χ1) is 9.00. The minimum absolute atomic E-state index is 0.230. The highest BCUT2D eigenvalue weighted by atomic mass is 35.5. The molecule has 0 aliphatic rings. The summed E-state index contributed by atoms with van der Waals surface area (Å²) in [5, 5.41) is 3.05. The van der Waals surface area contributed by atoms with Crippen LogP contribution in [-0.4, -0.2) is 30.1 Å². The van der Waals surface area contributed by atoms with Crippen molar-refractivity contribution in [2.45, 2.75) is 32.8 Å². The molecule has 0 unspecified atom stereocenters. The topological polar surface area (TPSA) is 77.2 Å². The highest BCUT2D eigenvalue weighted by molar-refractivity contribution is 6.29. The van der Waals surface area contributed by atoms with Gasteiger partial charge in [-0.05, 0) is 32.8 Å². The van der Waals surface area contributed by atoms with E-state index in [1.165, 1.54) is 12.3 Å². The Kier molecular flexibility index (Phi) is 6.59. The molecule has 0 radical (unpaired) electrons. The summed E-state index contributed by atoms with van der Waals surface area (Å²) >= 11 is 5.73. The standard InChI is InChI=1S/C13H20ClN3O2/c1-9(2)19-6-4-3-5-16-13(18)10-7-12(14)17-8-11(10)15/h7-9H,3-6,15H2,1-2H3,(H,16,18). The van der Waals surface area contributed by atoms with Crippen LogP contribution < -0.4 is 11.1 Å². The number of nitrogens with two attached hydrogens (primary N) is 1. The van der Waals surface area contributed by atoms with Crippen LogP contribution in [0.3, 0.4) is 0 Å². The fourth-order valence-corrected chi connectivity index (χ4v) is 1.64. The quantitative estimate of drug-likeness (QED) is 0.595. The van der Waals surface area contributed by atoms with Crippen molar-refractivity contribution in [3.05, 3.63) is 23.0 Å². The minimum atomic E-state index is -0.230. The van der Waals surface area contributed by atoms with E-state index >= 15 is 0 Å². The largest absolute Gasteiger partial charge is 0.397 e. The van der Waals surface area contributed by atoms with E-state index in [0.29, 0.717) is 24.4 Å². The predicted molar refractivity (Wildman–Crippen MR) is 76.3 cm³/mol. The van der Waals surface area contributed by atoms with Crippen LogP contribution in [0.4, 0.5) is 5.69 Å². The zero-order valence-electron chi connectivity index (χ0n) is 11.3. The van der Waals surface area contributed by atoms with Crippen molar-refractivity contribution in [1.82, 2.24) is 10.3 Å². The van der Waals surface area contributed by atoms with Crippen molar-refractivity contribution in [2.75, 3.05) is 18.9 Å². The number of ether oxygens (including phenoxy) is 1. The summed E-state index contributed by atoms with van der Waals surface area (Å²) in [6, 6.07) is 1.47. The van der Waals surface area contributed by atoms with Gasteiger partial charge in [-0.1, -0.05) is 11.6 Å². The van der Waals surface area contributed by atoms with Crippen molar-refractivity contribution >= 4 is 23.2 Å². The minimum Gasteiger partial charge on any atom is -0.397 e. The lowest BCUT2D eigenvalue weighted by Crippen LogP contribution is -2.25.